The zero-order valence-corrected chi connectivity index (χ0v) is 15.9. The monoisotopic (exact) mass is 349 g/mol. The Bertz CT molecular complexity index is 612. The van der Waals surface area contributed by atoms with Gasteiger partial charge in [-0.25, -0.2) is 0 Å². The Morgan fingerprint density at radius 2 is 1.84 bits per heavy atom. The number of nitrogens with one attached hydrogen (secondary N) is 1. The lowest BCUT2D eigenvalue weighted by Crippen LogP contribution is -2.52. The smallest absolute Gasteiger partial charge is 0.270 e. The maximum atomic E-state index is 13.0. The van der Waals surface area contributed by atoms with E-state index in [4.69, 9.17) is 0 Å². The minimum Gasteiger partial charge on any atom is -0.395 e. The lowest BCUT2D eigenvalue weighted by atomic mass is 10.0. The van der Waals surface area contributed by atoms with E-state index in [0.29, 0.717) is 24.3 Å². The second-order valence-electron chi connectivity index (χ2n) is 6.86. The maximum absolute atomic E-state index is 13.0. The Morgan fingerprint density at radius 3 is 2.32 bits per heavy atom. The van der Waals surface area contributed by atoms with Crippen molar-refractivity contribution in [2.75, 3.05) is 32.8 Å². The SMILES string of the molecule is CCCc1c(C(=O)N2CCN(C(CC)CO)CC2)[nH]c(C)c1C(C)=O. The Morgan fingerprint density at radius 1 is 1.20 bits per heavy atom. The molecule has 0 bridgehead atoms. The molecular formula is C19H31N3O3. The Labute approximate surface area is 150 Å². The van der Waals surface area contributed by atoms with Gasteiger partial charge in [-0.3, -0.25) is 14.5 Å². The predicted molar refractivity (Wildman–Crippen MR) is 98.2 cm³/mol. The summed E-state index contributed by atoms with van der Waals surface area (Å²) in [5.41, 5.74) is 2.90. The third-order valence-corrected chi connectivity index (χ3v) is 5.16. The quantitative estimate of drug-likeness (QED) is 0.738. The highest BCUT2D eigenvalue weighted by Gasteiger charge is 2.29. The number of aliphatic hydroxyl groups is 1. The highest BCUT2D eigenvalue weighted by atomic mass is 16.3. The molecule has 6 heteroatoms. The molecule has 2 rings (SSSR count). The van der Waals surface area contributed by atoms with Gasteiger partial charge in [-0.2, -0.15) is 0 Å². The summed E-state index contributed by atoms with van der Waals surface area (Å²) in [6.07, 6.45) is 2.52. The number of amides is 1. The van der Waals surface area contributed by atoms with Gasteiger partial charge in [0.05, 0.1) is 6.61 Å². The summed E-state index contributed by atoms with van der Waals surface area (Å²) in [6.45, 7) is 10.5. The van der Waals surface area contributed by atoms with Crippen LogP contribution in [-0.4, -0.2) is 70.4 Å². The second kappa shape index (κ2) is 8.63. The van der Waals surface area contributed by atoms with Gasteiger partial charge in [0.2, 0.25) is 0 Å². The lowest BCUT2D eigenvalue weighted by molar-refractivity contribution is 0.0467. The van der Waals surface area contributed by atoms with Crippen molar-refractivity contribution in [2.24, 2.45) is 0 Å². The largest absolute Gasteiger partial charge is 0.395 e. The molecule has 1 atom stereocenters. The summed E-state index contributed by atoms with van der Waals surface area (Å²) in [5.74, 6) is -0.00875. The van der Waals surface area contributed by atoms with Crippen LogP contribution in [0.5, 0.6) is 0 Å². The Hall–Kier alpha value is -1.66. The van der Waals surface area contributed by atoms with Crippen LogP contribution in [0.25, 0.3) is 0 Å². The minimum absolute atomic E-state index is 0.00908. The molecule has 1 saturated heterocycles. The summed E-state index contributed by atoms with van der Waals surface area (Å²) in [6, 6.07) is 0.171. The summed E-state index contributed by atoms with van der Waals surface area (Å²) in [4.78, 5) is 32.3. The molecule has 1 aliphatic heterocycles. The van der Waals surface area contributed by atoms with Crippen molar-refractivity contribution in [3.63, 3.8) is 0 Å². The number of rotatable bonds is 7. The number of hydrogen-bond acceptors (Lipinski definition) is 4. The van der Waals surface area contributed by atoms with Crippen LogP contribution in [0.1, 0.15) is 65.7 Å². The van der Waals surface area contributed by atoms with Gasteiger partial charge in [0.15, 0.2) is 5.78 Å². The van der Waals surface area contributed by atoms with Crippen LogP contribution < -0.4 is 0 Å². The zero-order chi connectivity index (χ0) is 18.6. The fourth-order valence-corrected chi connectivity index (χ4v) is 3.79. The molecule has 1 aliphatic rings. The van der Waals surface area contributed by atoms with Gasteiger partial charge in [-0.1, -0.05) is 20.3 Å². The molecule has 0 aromatic carbocycles. The first-order valence-electron chi connectivity index (χ1n) is 9.31. The van der Waals surface area contributed by atoms with Crippen LogP contribution in [0, 0.1) is 6.92 Å². The van der Waals surface area contributed by atoms with Gasteiger partial charge in [0.1, 0.15) is 5.69 Å². The van der Waals surface area contributed by atoms with E-state index in [1.165, 1.54) is 0 Å². The van der Waals surface area contributed by atoms with Crippen molar-refractivity contribution >= 4 is 11.7 Å². The van der Waals surface area contributed by atoms with Gasteiger partial charge in [-0.15, -0.1) is 0 Å². The molecule has 1 aromatic heterocycles. The number of carbonyl (C=O) groups excluding carboxylic acids is 2. The topological polar surface area (TPSA) is 76.6 Å². The lowest BCUT2D eigenvalue weighted by Gasteiger charge is -2.38. The molecule has 2 heterocycles. The van der Waals surface area contributed by atoms with Crippen LogP contribution >= 0.6 is 0 Å². The van der Waals surface area contributed by atoms with Crippen LogP contribution in [-0.2, 0) is 6.42 Å². The molecule has 1 fully saturated rings. The molecular weight excluding hydrogens is 318 g/mol. The molecule has 1 aromatic rings. The molecule has 1 unspecified atom stereocenters. The number of nitrogens with zero attached hydrogens (tertiary/aromatic N) is 2. The fourth-order valence-electron chi connectivity index (χ4n) is 3.79. The molecule has 25 heavy (non-hydrogen) atoms. The number of carbonyl (C=O) groups is 2. The van der Waals surface area contributed by atoms with E-state index in [1.807, 2.05) is 11.8 Å². The number of hydrogen-bond donors (Lipinski definition) is 2. The number of piperazine rings is 1. The van der Waals surface area contributed by atoms with Crippen molar-refractivity contribution in [3.8, 4) is 0 Å². The minimum atomic E-state index is -0.0178. The normalized spacial score (nSPS) is 16.9. The highest BCUT2D eigenvalue weighted by Crippen LogP contribution is 2.23. The number of H-pyrrole nitrogens is 1. The van der Waals surface area contributed by atoms with Crippen molar-refractivity contribution in [1.82, 2.24) is 14.8 Å². The van der Waals surface area contributed by atoms with Gasteiger partial charge in [0.25, 0.3) is 5.91 Å². The van der Waals surface area contributed by atoms with E-state index in [2.05, 4.69) is 23.7 Å². The fraction of sp³-hybridized carbons (Fsp3) is 0.684. The van der Waals surface area contributed by atoms with Gasteiger partial charge >= 0.3 is 0 Å². The first-order valence-corrected chi connectivity index (χ1v) is 9.31. The third-order valence-electron chi connectivity index (χ3n) is 5.16. The number of aryl methyl sites for hydroxylation is 1. The van der Waals surface area contributed by atoms with Gasteiger partial charge < -0.3 is 15.0 Å². The number of ketones is 1. The standard InChI is InChI=1S/C19H31N3O3/c1-5-7-16-17(14(4)24)13(3)20-18(16)19(25)22-10-8-21(9-11-22)15(6-2)12-23/h15,20,23H,5-12H2,1-4H3. The molecule has 6 nitrogen and oxygen atoms in total. The van der Waals surface area contributed by atoms with Gasteiger partial charge in [-0.05, 0) is 32.3 Å². The first-order chi connectivity index (χ1) is 11.9. The summed E-state index contributed by atoms with van der Waals surface area (Å²) < 4.78 is 0. The Kier molecular flexibility index (Phi) is 6.79. The summed E-state index contributed by atoms with van der Waals surface area (Å²) in [5, 5.41) is 9.45. The van der Waals surface area contributed by atoms with E-state index in [0.717, 1.165) is 43.6 Å². The van der Waals surface area contributed by atoms with Crippen LogP contribution in [0.15, 0.2) is 0 Å². The predicted octanol–water partition coefficient (Wildman–Crippen LogP) is 2.01. The van der Waals surface area contributed by atoms with E-state index >= 15 is 0 Å². The van der Waals surface area contributed by atoms with E-state index in [1.54, 1.807) is 6.92 Å². The highest BCUT2D eigenvalue weighted by molar-refractivity contribution is 6.02. The van der Waals surface area contributed by atoms with Crippen LogP contribution in [0.3, 0.4) is 0 Å². The van der Waals surface area contributed by atoms with Crippen molar-refractivity contribution in [3.05, 3.63) is 22.5 Å². The van der Waals surface area contributed by atoms with Crippen molar-refractivity contribution in [1.29, 1.82) is 0 Å². The molecule has 0 aliphatic carbocycles. The average Bonchev–Trinajstić information content (AvgIpc) is 2.93. The molecule has 0 saturated carbocycles. The van der Waals surface area contributed by atoms with E-state index in [-0.39, 0.29) is 24.3 Å². The van der Waals surface area contributed by atoms with E-state index < -0.39 is 0 Å². The Balaban J connectivity index is 2.16. The zero-order valence-electron chi connectivity index (χ0n) is 15.9. The second-order valence-corrected chi connectivity index (χ2v) is 6.86. The van der Waals surface area contributed by atoms with Crippen LogP contribution in [0.2, 0.25) is 0 Å². The number of aromatic amines is 1. The van der Waals surface area contributed by atoms with Gasteiger partial charge in [0, 0.05) is 43.5 Å². The van der Waals surface area contributed by atoms with Crippen molar-refractivity contribution < 1.29 is 14.7 Å². The van der Waals surface area contributed by atoms with Crippen molar-refractivity contribution in [2.45, 2.75) is 53.0 Å². The molecule has 140 valence electrons. The summed E-state index contributed by atoms with van der Waals surface area (Å²) in [7, 11) is 0. The number of aromatic nitrogens is 1. The number of aliphatic hydroxyl groups excluding tert-OH is 1. The third kappa shape index (κ3) is 4.12. The maximum Gasteiger partial charge on any atom is 0.270 e. The van der Waals surface area contributed by atoms with Crippen LogP contribution in [0.4, 0.5) is 0 Å². The molecule has 2 N–H and O–H groups in total. The first kappa shape index (κ1) is 19.7. The molecule has 0 radical (unpaired) electrons. The van der Waals surface area contributed by atoms with E-state index in [9.17, 15) is 14.7 Å². The molecule has 0 spiro atoms. The number of Topliss-reactive ketones (excluding diaryl/α,β-unsaturated/α-hetero) is 1. The molecule has 1 amide bonds. The summed E-state index contributed by atoms with van der Waals surface area (Å²) >= 11 is 0. The average molecular weight is 349 g/mol.